The lowest BCUT2D eigenvalue weighted by atomic mass is 10.1. The minimum atomic E-state index is 0.234. The van der Waals surface area contributed by atoms with Gasteiger partial charge in [0, 0.05) is 18.1 Å². The molecule has 16 heavy (non-hydrogen) atoms. The second-order valence-corrected chi connectivity index (χ2v) is 5.70. The topological polar surface area (TPSA) is 15.3 Å². The molecular weight excluding hydrogens is 196 g/mol. The van der Waals surface area contributed by atoms with E-state index in [4.69, 9.17) is 0 Å². The Labute approximate surface area is 103 Å². The van der Waals surface area contributed by atoms with Crippen molar-refractivity contribution in [3.63, 3.8) is 0 Å². The summed E-state index contributed by atoms with van der Waals surface area (Å²) >= 11 is 0. The SMILES string of the molecule is CCCC(CNC(C)(C)C)N(CC)CCC. The fourth-order valence-corrected chi connectivity index (χ4v) is 2.06. The molecule has 0 heterocycles. The lowest BCUT2D eigenvalue weighted by Crippen LogP contribution is -2.47. The van der Waals surface area contributed by atoms with Crippen LogP contribution in [0.1, 0.15) is 60.8 Å². The second kappa shape index (κ2) is 8.08. The van der Waals surface area contributed by atoms with E-state index in [1.807, 2.05) is 0 Å². The normalized spacial score (nSPS) is 14.4. The standard InChI is InChI=1S/C14H32N2/c1-7-10-13(12-15-14(4,5)6)16(9-3)11-8-2/h13,15H,7-12H2,1-6H3. The fraction of sp³-hybridized carbons (Fsp3) is 1.00. The average molecular weight is 228 g/mol. The summed E-state index contributed by atoms with van der Waals surface area (Å²) in [5.41, 5.74) is 0.234. The first-order valence-corrected chi connectivity index (χ1v) is 6.93. The molecule has 2 nitrogen and oxygen atoms in total. The maximum atomic E-state index is 3.64. The van der Waals surface area contributed by atoms with Gasteiger partial charge < -0.3 is 5.32 Å². The first kappa shape index (κ1) is 15.9. The van der Waals surface area contributed by atoms with Gasteiger partial charge in [0.05, 0.1) is 0 Å². The Bertz CT molecular complexity index is 161. The quantitative estimate of drug-likeness (QED) is 0.686. The molecule has 0 aliphatic carbocycles. The van der Waals surface area contributed by atoms with Crippen molar-refractivity contribution in [3.8, 4) is 0 Å². The molecule has 0 saturated heterocycles. The summed E-state index contributed by atoms with van der Waals surface area (Å²) in [6.07, 6.45) is 3.83. The summed E-state index contributed by atoms with van der Waals surface area (Å²) in [6.45, 7) is 17.1. The van der Waals surface area contributed by atoms with Gasteiger partial charge in [0.25, 0.3) is 0 Å². The molecule has 1 atom stereocenters. The molecular formula is C14H32N2. The van der Waals surface area contributed by atoms with E-state index >= 15 is 0 Å². The minimum absolute atomic E-state index is 0.234. The molecule has 0 aromatic heterocycles. The highest BCUT2D eigenvalue weighted by Gasteiger charge is 2.18. The van der Waals surface area contributed by atoms with Crippen molar-refractivity contribution in [1.29, 1.82) is 0 Å². The molecule has 2 heteroatoms. The van der Waals surface area contributed by atoms with Crippen LogP contribution in [0.3, 0.4) is 0 Å². The smallest absolute Gasteiger partial charge is 0.0220 e. The lowest BCUT2D eigenvalue weighted by molar-refractivity contribution is 0.181. The van der Waals surface area contributed by atoms with Gasteiger partial charge in [-0.2, -0.15) is 0 Å². The van der Waals surface area contributed by atoms with Crippen LogP contribution >= 0.6 is 0 Å². The van der Waals surface area contributed by atoms with Gasteiger partial charge >= 0.3 is 0 Å². The van der Waals surface area contributed by atoms with Gasteiger partial charge in [0.2, 0.25) is 0 Å². The van der Waals surface area contributed by atoms with Gasteiger partial charge in [0.15, 0.2) is 0 Å². The number of hydrogen-bond acceptors (Lipinski definition) is 2. The van der Waals surface area contributed by atoms with Crippen LogP contribution in [-0.2, 0) is 0 Å². The molecule has 0 radical (unpaired) electrons. The number of nitrogens with zero attached hydrogens (tertiary/aromatic N) is 1. The molecule has 98 valence electrons. The van der Waals surface area contributed by atoms with Gasteiger partial charge in [-0.25, -0.2) is 0 Å². The number of likely N-dealkylation sites (N-methyl/N-ethyl adjacent to an activating group) is 1. The molecule has 0 aromatic carbocycles. The number of rotatable bonds is 8. The monoisotopic (exact) mass is 228 g/mol. The van der Waals surface area contributed by atoms with E-state index in [1.54, 1.807) is 0 Å². The lowest BCUT2D eigenvalue weighted by Gasteiger charge is -2.33. The zero-order valence-corrected chi connectivity index (χ0v) is 12.3. The summed E-state index contributed by atoms with van der Waals surface area (Å²) in [7, 11) is 0. The van der Waals surface area contributed by atoms with E-state index in [0.717, 1.165) is 6.54 Å². The van der Waals surface area contributed by atoms with Gasteiger partial charge in [-0.1, -0.05) is 27.2 Å². The fourth-order valence-electron chi connectivity index (χ4n) is 2.06. The maximum Gasteiger partial charge on any atom is 0.0220 e. The van der Waals surface area contributed by atoms with Gasteiger partial charge in [-0.15, -0.1) is 0 Å². The molecule has 1 unspecified atom stereocenters. The van der Waals surface area contributed by atoms with E-state index in [9.17, 15) is 0 Å². The van der Waals surface area contributed by atoms with E-state index in [0.29, 0.717) is 6.04 Å². The molecule has 0 fully saturated rings. The Kier molecular flexibility index (Phi) is 8.04. The van der Waals surface area contributed by atoms with Gasteiger partial charge in [-0.3, -0.25) is 4.90 Å². The van der Waals surface area contributed by atoms with Crippen LogP contribution in [0, 0.1) is 0 Å². The van der Waals surface area contributed by atoms with Crippen molar-refractivity contribution in [2.75, 3.05) is 19.6 Å². The molecule has 0 aliphatic heterocycles. The average Bonchev–Trinajstić information content (AvgIpc) is 2.20. The van der Waals surface area contributed by atoms with E-state index in [2.05, 4.69) is 51.8 Å². The Balaban J connectivity index is 4.22. The molecule has 0 rings (SSSR count). The van der Waals surface area contributed by atoms with Crippen molar-refractivity contribution in [2.24, 2.45) is 0 Å². The third-order valence-electron chi connectivity index (χ3n) is 2.92. The van der Waals surface area contributed by atoms with Crippen LogP contribution in [0.5, 0.6) is 0 Å². The third-order valence-corrected chi connectivity index (χ3v) is 2.92. The molecule has 0 aromatic rings. The van der Waals surface area contributed by atoms with Crippen molar-refractivity contribution >= 4 is 0 Å². The Morgan fingerprint density at radius 2 is 1.69 bits per heavy atom. The number of hydrogen-bond donors (Lipinski definition) is 1. The maximum absolute atomic E-state index is 3.64. The summed E-state index contributed by atoms with van der Waals surface area (Å²) in [6, 6.07) is 0.703. The first-order chi connectivity index (χ1) is 7.44. The summed E-state index contributed by atoms with van der Waals surface area (Å²) in [5.74, 6) is 0. The van der Waals surface area contributed by atoms with Crippen LogP contribution in [0.2, 0.25) is 0 Å². The summed E-state index contributed by atoms with van der Waals surface area (Å²) in [5, 5.41) is 3.64. The van der Waals surface area contributed by atoms with E-state index in [1.165, 1.54) is 32.4 Å². The minimum Gasteiger partial charge on any atom is -0.311 e. The van der Waals surface area contributed by atoms with Crippen LogP contribution in [0.4, 0.5) is 0 Å². The predicted octanol–water partition coefficient (Wildman–Crippen LogP) is 3.28. The zero-order valence-electron chi connectivity index (χ0n) is 12.3. The van der Waals surface area contributed by atoms with Crippen molar-refractivity contribution in [2.45, 2.75) is 72.4 Å². The third kappa shape index (κ3) is 7.24. The van der Waals surface area contributed by atoms with Crippen LogP contribution < -0.4 is 5.32 Å². The summed E-state index contributed by atoms with van der Waals surface area (Å²) < 4.78 is 0. The van der Waals surface area contributed by atoms with Crippen molar-refractivity contribution in [3.05, 3.63) is 0 Å². The molecule has 1 N–H and O–H groups in total. The summed E-state index contributed by atoms with van der Waals surface area (Å²) in [4.78, 5) is 2.61. The van der Waals surface area contributed by atoms with Crippen LogP contribution in [-0.4, -0.2) is 36.1 Å². The molecule has 0 bridgehead atoms. The van der Waals surface area contributed by atoms with Gasteiger partial charge in [-0.05, 0) is 46.7 Å². The Morgan fingerprint density at radius 3 is 2.06 bits per heavy atom. The first-order valence-electron chi connectivity index (χ1n) is 6.93. The van der Waals surface area contributed by atoms with E-state index in [-0.39, 0.29) is 5.54 Å². The van der Waals surface area contributed by atoms with Crippen LogP contribution in [0.15, 0.2) is 0 Å². The highest BCUT2D eigenvalue weighted by atomic mass is 15.2. The van der Waals surface area contributed by atoms with Crippen molar-refractivity contribution < 1.29 is 0 Å². The molecule has 0 amide bonds. The second-order valence-electron chi connectivity index (χ2n) is 5.70. The van der Waals surface area contributed by atoms with Crippen molar-refractivity contribution in [1.82, 2.24) is 10.2 Å². The predicted molar refractivity (Wildman–Crippen MR) is 74.0 cm³/mol. The highest BCUT2D eigenvalue weighted by molar-refractivity contribution is 4.78. The molecule has 0 aliphatic rings. The van der Waals surface area contributed by atoms with Crippen LogP contribution in [0.25, 0.3) is 0 Å². The highest BCUT2D eigenvalue weighted by Crippen LogP contribution is 2.09. The molecule has 0 spiro atoms. The Morgan fingerprint density at radius 1 is 1.06 bits per heavy atom. The largest absolute Gasteiger partial charge is 0.311 e. The Hall–Kier alpha value is -0.0800. The van der Waals surface area contributed by atoms with Gasteiger partial charge in [0.1, 0.15) is 0 Å². The zero-order chi connectivity index (χ0) is 12.6. The molecule has 0 saturated carbocycles. The van der Waals surface area contributed by atoms with E-state index < -0.39 is 0 Å². The number of nitrogens with one attached hydrogen (secondary N) is 1.